The summed E-state index contributed by atoms with van der Waals surface area (Å²) in [7, 11) is 0. The van der Waals surface area contributed by atoms with Crippen molar-refractivity contribution in [1.29, 1.82) is 0 Å². The number of nitrogens with zero attached hydrogens (tertiary/aromatic N) is 1. The third-order valence-electron chi connectivity index (χ3n) is 4.31. The molecule has 0 aromatic heterocycles. The molecule has 0 spiro atoms. The predicted octanol–water partition coefficient (Wildman–Crippen LogP) is 1.02. The summed E-state index contributed by atoms with van der Waals surface area (Å²) < 4.78 is 0. The first-order chi connectivity index (χ1) is 9.29. The van der Waals surface area contributed by atoms with Gasteiger partial charge in [0, 0.05) is 18.6 Å². The fraction of sp³-hybridized carbons (Fsp3) is 0.857. The topological polar surface area (TPSA) is 81.7 Å². The second kappa shape index (κ2) is 5.60. The normalized spacial score (nSPS) is 27.9. The van der Waals surface area contributed by atoms with E-state index in [9.17, 15) is 14.7 Å². The Labute approximate surface area is 119 Å². The summed E-state index contributed by atoms with van der Waals surface area (Å²) in [5.41, 5.74) is -0.516. The summed E-state index contributed by atoms with van der Waals surface area (Å²) in [6, 6.07) is -0.680. The van der Waals surface area contributed by atoms with Crippen LogP contribution in [-0.4, -0.2) is 53.2 Å². The number of amides is 2. The van der Waals surface area contributed by atoms with Crippen LogP contribution in [0.5, 0.6) is 0 Å². The Morgan fingerprint density at radius 3 is 2.55 bits per heavy atom. The Bertz CT molecular complexity index is 392. The summed E-state index contributed by atoms with van der Waals surface area (Å²) in [5, 5.41) is 14.8. The zero-order valence-electron chi connectivity index (χ0n) is 12.5. The molecule has 2 rings (SSSR count). The lowest BCUT2D eigenvalue weighted by Gasteiger charge is -2.29. The fourth-order valence-corrected chi connectivity index (χ4v) is 3.24. The first kappa shape index (κ1) is 15.1. The highest BCUT2D eigenvalue weighted by molar-refractivity contribution is 5.83. The number of urea groups is 1. The Morgan fingerprint density at radius 2 is 1.95 bits per heavy atom. The Morgan fingerprint density at radius 1 is 1.25 bits per heavy atom. The first-order valence-electron chi connectivity index (χ1n) is 7.33. The van der Waals surface area contributed by atoms with Crippen molar-refractivity contribution in [3.8, 4) is 0 Å². The molecular formula is C14H25N3O3. The van der Waals surface area contributed by atoms with E-state index >= 15 is 0 Å². The van der Waals surface area contributed by atoms with Crippen molar-refractivity contribution < 1.29 is 14.7 Å². The highest BCUT2D eigenvalue weighted by Gasteiger charge is 2.39. The Kier molecular flexibility index (Phi) is 4.22. The van der Waals surface area contributed by atoms with E-state index < -0.39 is 17.4 Å². The van der Waals surface area contributed by atoms with Gasteiger partial charge in [-0.05, 0) is 31.2 Å². The average Bonchev–Trinajstić information content (AvgIpc) is 2.89. The number of hydrogen-bond acceptors (Lipinski definition) is 3. The van der Waals surface area contributed by atoms with Gasteiger partial charge in [-0.3, -0.25) is 4.90 Å². The van der Waals surface area contributed by atoms with Crippen molar-refractivity contribution in [1.82, 2.24) is 15.5 Å². The molecule has 2 amide bonds. The summed E-state index contributed by atoms with van der Waals surface area (Å²) in [6.07, 6.45) is 3.25. The van der Waals surface area contributed by atoms with E-state index in [1.165, 1.54) is 6.42 Å². The highest BCUT2D eigenvalue weighted by Crippen LogP contribution is 2.28. The van der Waals surface area contributed by atoms with Gasteiger partial charge in [-0.25, -0.2) is 9.59 Å². The van der Waals surface area contributed by atoms with Crippen LogP contribution in [0.15, 0.2) is 0 Å². The van der Waals surface area contributed by atoms with Gasteiger partial charge in [-0.15, -0.1) is 0 Å². The number of carbonyl (C=O) groups is 2. The maximum absolute atomic E-state index is 12.0. The smallest absolute Gasteiger partial charge is 0.326 e. The quantitative estimate of drug-likeness (QED) is 0.722. The van der Waals surface area contributed by atoms with Crippen LogP contribution in [0.4, 0.5) is 4.79 Å². The zero-order chi connectivity index (χ0) is 14.9. The molecule has 2 aliphatic heterocycles. The van der Waals surface area contributed by atoms with Crippen LogP contribution < -0.4 is 10.6 Å². The molecule has 3 unspecified atom stereocenters. The molecule has 0 bridgehead atoms. The van der Waals surface area contributed by atoms with Gasteiger partial charge in [0.15, 0.2) is 0 Å². The molecule has 2 aliphatic rings. The molecule has 0 radical (unpaired) electrons. The summed E-state index contributed by atoms with van der Waals surface area (Å²) in [5.74, 6) is -0.999. The average molecular weight is 283 g/mol. The van der Waals surface area contributed by atoms with Crippen LogP contribution in [-0.2, 0) is 4.79 Å². The van der Waals surface area contributed by atoms with Crippen LogP contribution in [0.3, 0.4) is 0 Å². The summed E-state index contributed by atoms with van der Waals surface area (Å²) >= 11 is 0. The molecule has 0 aromatic carbocycles. The lowest BCUT2D eigenvalue weighted by atomic mass is 9.87. The van der Waals surface area contributed by atoms with Gasteiger partial charge in [0.2, 0.25) is 0 Å². The van der Waals surface area contributed by atoms with Crippen LogP contribution in [0.2, 0.25) is 0 Å². The predicted molar refractivity (Wildman–Crippen MR) is 75.5 cm³/mol. The number of carbonyl (C=O) groups excluding carboxylic acids is 1. The highest BCUT2D eigenvalue weighted by atomic mass is 16.4. The van der Waals surface area contributed by atoms with E-state index in [-0.39, 0.29) is 12.1 Å². The lowest BCUT2D eigenvalue weighted by Crippen LogP contribution is -2.55. The van der Waals surface area contributed by atoms with Gasteiger partial charge in [0.05, 0.1) is 0 Å². The second-order valence-electron chi connectivity index (χ2n) is 6.90. The maximum atomic E-state index is 12.0. The van der Waals surface area contributed by atoms with Crippen molar-refractivity contribution in [3.05, 3.63) is 0 Å². The standard InChI is InChI=1S/C14H25N3O3/c1-14(2,3)11(12(18)19)16-13(20)15-9-6-8-17-7-4-5-10(9)17/h9-11H,4-8H2,1-3H3,(H,18,19)(H2,15,16,20). The van der Waals surface area contributed by atoms with Gasteiger partial charge in [0.1, 0.15) is 6.04 Å². The molecule has 0 aromatic rings. The molecule has 6 nitrogen and oxygen atoms in total. The number of rotatable bonds is 3. The molecule has 20 heavy (non-hydrogen) atoms. The molecular weight excluding hydrogens is 258 g/mol. The maximum Gasteiger partial charge on any atom is 0.326 e. The molecule has 3 N–H and O–H groups in total. The number of hydrogen-bond donors (Lipinski definition) is 3. The summed E-state index contributed by atoms with van der Waals surface area (Å²) in [6.45, 7) is 7.56. The molecule has 3 atom stereocenters. The van der Waals surface area contributed by atoms with Crippen molar-refractivity contribution in [2.24, 2.45) is 5.41 Å². The number of aliphatic carboxylic acids is 1. The molecule has 2 saturated heterocycles. The molecule has 2 fully saturated rings. The molecule has 2 heterocycles. The zero-order valence-corrected chi connectivity index (χ0v) is 12.5. The lowest BCUT2D eigenvalue weighted by molar-refractivity contribution is -0.141. The summed E-state index contributed by atoms with van der Waals surface area (Å²) in [4.78, 5) is 25.7. The number of nitrogens with one attached hydrogen (secondary N) is 2. The van der Waals surface area contributed by atoms with Crippen molar-refractivity contribution in [2.75, 3.05) is 13.1 Å². The van der Waals surface area contributed by atoms with Crippen molar-refractivity contribution >= 4 is 12.0 Å². The van der Waals surface area contributed by atoms with E-state index in [0.717, 1.165) is 25.9 Å². The van der Waals surface area contributed by atoms with E-state index in [1.807, 2.05) is 0 Å². The Balaban J connectivity index is 1.90. The second-order valence-corrected chi connectivity index (χ2v) is 6.90. The minimum absolute atomic E-state index is 0.145. The SMILES string of the molecule is CC(C)(C)C(NC(=O)NC1CCN2CCCC12)C(=O)O. The third kappa shape index (κ3) is 3.23. The third-order valence-corrected chi connectivity index (χ3v) is 4.31. The van der Waals surface area contributed by atoms with Gasteiger partial charge >= 0.3 is 12.0 Å². The van der Waals surface area contributed by atoms with E-state index in [1.54, 1.807) is 20.8 Å². The number of fused-ring (bicyclic) bond motifs is 1. The minimum Gasteiger partial charge on any atom is -0.480 e. The molecule has 0 saturated carbocycles. The van der Waals surface area contributed by atoms with E-state index in [2.05, 4.69) is 15.5 Å². The van der Waals surface area contributed by atoms with Gasteiger partial charge in [-0.2, -0.15) is 0 Å². The molecule has 6 heteroatoms. The monoisotopic (exact) mass is 283 g/mol. The van der Waals surface area contributed by atoms with Crippen LogP contribution in [0, 0.1) is 5.41 Å². The van der Waals surface area contributed by atoms with E-state index in [0.29, 0.717) is 6.04 Å². The number of carboxylic acids is 1. The van der Waals surface area contributed by atoms with Gasteiger partial charge in [0.25, 0.3) is 0 Å². The van der Waals surface area contributed by atoms with Crippen LogP contribution in [0.25, 0.3) is 0 Å². The molecule has 114 valence electrons. The van der Waals surface area contributed by atoms with E-state index in [4.69, 9.17) is 0 Å². The van der Waals surface area contributed by atoms with Crippen molar-refractivity contribution in [3.63, 3.8) is 0 Å². The van der Waals surface area contributed by atoms with Gasteiger partial charge in [-0.1, -0.05) is 20.8 Å². The van der Waals surface area contributed by atoms with Gasteiger partial charge < -0.3 is 15.7 Å². The number of carboxylic acid groups (broad SMARTS) is 1. The first-order valence-corrected chi connectivity index (χ1v) is 7.33. The van der Waals surface area contributed by atoms with Crippen molar-refractivity contribution in [2.45, 2.75) is 58.2 Å². The largest absolute Gasteiger partial charge is 0.480 e. The Hall–Kier alpha value is -1.30. The minimum atomic E-state index is -0.999. The van der Waals surface area contributed by atoms with Crippen LogP contribution in [0.1, 0.15) is 40.0 Å². The molecule has 0 aliphatic carbocycles. The van der Waals surface area contributed by atoms with Crippen LogP contribution >= 0.6 is 0 Å². The fourth-order valence-electron chi connectivity index (χ4n) is 3.24.